The van der Waals surface area contributed by atoms with Gasteiger partial charge >= 0.3 is 0 Å². The van der Waals surface area contributed by atoms with Crippen LogP contribution in [-0.2, 0) is 16.2 Å². The van der Waals surface area contributed by atoms with Crippen molar-refractivity contribution in [1.82, 2.24) is 10.8 Å². The number of hydrogen-bond acceptors (Lipinski definition) is 3. The minimum atomic E-state index is -1.02. The van der Waals surface area contributed by atoms with Gasteiger partial charge in [-0.25, -0.2) is 14.3 Å². The van der Waals surface area contributed by atoms with Gasteiger partial charge in [0.1, 0.15) is 23.2 Å². The predicted molar refractivity (Wildman–Crippen MR) is 91.8 cm³/mol. The molecule has 0 radical (unpaired) electrons. The van der Waals surface area contributed by atoms with Crippen LogP contribution in [0.1, 0.15) is 29.8 Å². The molecule has 2 aromatic carbocycles. The van der Waals surface area contributed by atoms with Gasteiger partial charge in [0.25, 0.3) is 11.8 Å². The summed E-state index contributed by atoms with van der Waals surface area (Å²) >= 11 is 0. The normalized spacial score (nSPS) is 11.9. The summed E-state index contributed by atoms with van der Waals surface area (Å²) < 4.78 is 27.4. The van der Waals surface area contributed by atoms with E-state index in [9.17, 15) is 18.4 Å². The van der Waals surface area contributed by atoms with Gasteiger partial charge in [-0.3, -0.25) is 14.4 Å². The van der Waals surface area contributed by atoms with Crippen LogP contribution < -0.4 is 10.8 Å². The molecule has 0 aliphatic heterocycles. The number of hydroxylamine groups is 1. The molecule has 2 amide bonds. The average molecular weight is 362 g/mol. The Morgan fingerprint density at radius 1 is 1.00 bits per heavy atom. The van der Waals surface area contributed by atoms with Crippen molar-refractivity contribution >= 4 is 11.8 Å². The van der Waals surface area contributed by atoms with E-state index in [1.165, 1.54) is 0 Å². The molecule has 0 heterocycles. The van der Waals surface area contributed by atoms with Crippen LogP contribution in [0.5, 0.6) is 0 Å². The topological polar surface area (TPSA) is 67.4 Å². The first-order chi connectivity index (χ1) is 12.4. The van der Waals surface area contributed by atoms with Crippen molar-refractivity contribution in [3.05, 3.63) is 71.3 Å². The first-order valence-electron chi connectivity index (χ1n) is 8.10. The highest BCUT2D eigenvalue weighted by atomic mass is 19.1. The molecule has 0 unspecified atom stereocenters. The van der Waals surface area contributed by atoms with Gasteiger partial charge in [0.15, 0.2) is 0 Å². The maximum Gasteiger partial charge on any atom is 0.266 e. The number of nitrogens with one attached hydrogen (secondary N) is 2. The molecule has 0 saturated heterocycles. The molecule has 7 heteroatoms. The second-order valence-corrected chi connectivity index (χ2v) is 6.03. The van der Waals surface area contributed by atoms with E-state index in [2.05, 4.69) is 10.8 Å². The van der Waals surface area contributed by atoms with Crippen LogP contribution in [-0.4, -0.2) is 17.9 Å². The van der Waals surface area contributed by atoms with Crippen molar-refractivity contribution in [2.24, 2.45) is 5.92 Å². The smallest absolute Gasteiger partial charge is 0.266 e. The zero-order valence-corrected chi connectivity index (χ0v) is 14.5. The predicted octanol–water partition coefficient (Wildman–Crippen LogP) is 2.97. The fourth-order valence-electron chi connectivity index (χ4n) is 2.29. The largest absolute Gasteiger partial charge is 0.340 e. The summed E-state index contributed by atoms with van der Waals surface area (Å²) in [5, 5.41) is 2.35. The molecule has 0 spiro atoms. The van der Waals surface area contributed by atoms with E-state index in [4.69, 9.17) is 4.84 Å². The summed E-state index contributed by atoms with van der Waals surface area (Å²) in [6, 6.07) is 11.3. The molecule has 2 rings (SSSR count). The van der Waals surface area contributed by atoms with Crippen molar-refractivity contribution in [3.63, 3.8) is 0 Å². The van der Waals surface area contributed by atoms with E-state index < -0.39 is 35.1 Å². The number of benzene rings is 2. The molecule has 0 saturated carbocycles. The zero-order valence-electron chi connectivity index (χ0n) is 14.5. The van der Waals surface area contributed by atoms with Gasteiger partial charge in [-0.2, -0.15) is 0 Å². The lowest BCUT2D eigenvalue weighted by molar-refractivity contribution is -0.137. The lowest BCUT2D eigenvalue weighted by atomic mass is 10.0. The van der Waals surface area contributed by atoms with Crippen LogP contribution >= 0.6 is 0 Å². The van der Waals surface area contributed by atoms with Gasteiger partial charge < -0.3 is 5.32 Å². The number of hydrogen-bond donors (Lipinski definition) is 2. The Kier molecular flexibility index (Phi) is 6.80. The van der Waals surface area contributed by atoms with E-state index in [0.717, 1.165) is 23.8 Å². The molecule has 0 bridgehead atoms. The minimum absolute atomic E-state index is 0.146. The van der Waals surface area contributed by atoms with Gasteiger partial charge in [-0.05, 0) is 23.6 Å². The Bertz CT molecular complexity index is 746. The average Bonchev–Trinajstić information content (AvgIpc) is 2.60. The van der Waals surface area contributed by atoms with Gasteiger partial charge in [0, 0.05) is 0 Å². The fraction of sp³-hybridized carbons (Fsp3) is 0.263. The third kappa shape index (κ3) is 5.10. The summed E-state index contributed by atoms with van der Waals surface area (Å²) in [6.07, 6.45) is 0. The van der Waals surface area contributed by atoms with Crippen LogP contribution in [0.2, 0.25) is 0 Å². The molecular weight excluding hydrogens is 342 g/mol. The van der Waals surface area contributed by atoms with E-state index in [1.807, 2.05) is 30.3 Å². The highest BCUT2D eigenvalue weighted by Gasteiger charge is 2.27. The number of halogens is 2. The van der Waals surface area contributed by atoms with Gasteiger partial charge in [-0.15, -0.1) is 0 Å². The molecule has 2 aromatic rings. The van der Waals surface area contributed by atoms with Crippen LogP contribution in [0.25, 0.3) is 0 Å². The highest BCUT2D eigenvalue weighted by molar-refractivity contribution is 5.97. The van der Waals surface area contributed by atoms with Crippen molar-refractivity contribution < 1.29 is 23.2 Å². The van der Waals surface area contributed by atoms with Crippen LogP contribution in [0, 0.1) is 17.6 Å². The molecule has 26 heavy (non-hydrogen) atoms. The van der Waals surface area contributed by atoms with Crippen molar-refractivity contribution in [3.8, 4) is 0 Å². The zero-order chi connectivity index (χ0) is 19.1. The Labute approximate surface area is 150 Å². The lowest BCUT2D eigenvalue weighted by Crippen LogP contribution is -2.49. The summed E-state index contributed by atoms with van der Waals surface area (Å²) in [4.78, 5) is 29.6. The Hall–Kier alpha value is -2.80. The molecule has 0 fully saturated rings. The second-order valence-electron chi connectivity index (χ2n) is 6.03. The second kappa shape index (κ2) is 9.05. The van der Waals surface area contributed by atoms with E-state index in [-0.39, 0.29) is 12.5 Å². The Morgan fingerprint density at radius 2 is 1.62 bits per heavy atom. The third-order valence-corrected chi connectivity index (χ3v) is 3.68. The summed E-state index contributed by atoms with van der Waals surface area (Å²) in [5.74, 6) is -3.93. The number of carbonyl (C=O) groups excluding carboxylic acids is 2. The maximum atomic E-state index is 13.7. The summed E-state index contributed by atoms with van der Waals surface area (Å²) in [5.41, 5.74) is 2.38. The fourth-order valence-corrected chi connectivity index (χ4v) is 2.29. The van der Waals surface area contributed by atoms with Gasteiger partial charge in [0.2, 0.25) is 0 Å². The number of rotatable bonds is 7. The van der Waals surface area contributed by atoms with Crippen LogP contribution in [0.3, 0.4) is 0 Å². The quantitative estimate of drug-likeness (QED) is 0.744. The molecule has 2 N–H and O–H groups in total. The van der Waals surface area contributed by atoms with Gasteiger partial charge in [0.05, 0.1) is 6.61 Å². The van der Waals surface area contributed by atoms with Gasteiger partial charge in [-0.1, -0.05) is 50.2 Å². The molecule has 0 aliphatic rings. The Balaban J connectivity index is 1.99. The van der Waals surface area contributed by atoms with E-state index in [0.29, 0.717) is 0 Å². The number of amides is 2. The maximum absolute atomic E-state index is 13.7. The molecular formula is C19H20F2N2O3. The monoisotopic (exact) mass is 362 g/mol. The molecule has 0 aliphatic carbocycles. The van der Waals surface area contributed by atoms with Crippen molar-refractivity contribution in [2.45, 2.75) is 26.5 Å². The molecule has 5 nitrogen and oxygen atoms in total. The molecule has 138 valence electrons. The standard InChI is InChI=1S/C19H20F2N2O3/c1-12(2)17(19(25)23-26-11-13-7-4-3-5-8-13)22-18(24)16-14(20)9-6-10-15(16)21/h3-10,12,17H,11H2,1-2H3,(H,22,24)(H,23,25)/t17-/m0/s1. The van der Waals surface area contributed by atoms with Crippen LogP contribution in [0.15, 0.2) is 48.5 Å². The Morgan fingerprint density at radius 3 is 2.19 bits per heavy atom. The van der Waals surface area contributed by atoms with E-state index in [1.54, 1.807) is 13.8 Å². The van der Waals surface area contributed by atoms with E-state index >= 15 is 0 Å². The summed E-state index contributed by atoms with van der Waals surface area (Å²) in [6.45, 7) is 3.53. The third-order valence-electron chi connectivity index (χ3n) is 3.68. The molecule has 0 aromatic heterocycles. The lowest BCUT2D eigenvalue weighted by Gasteiger charge is -2.21. The highest BCUT2D eigenvalue weighted by Crippen LogP contribution is 2.13. The SMILES string of the molecule is CC(C)[C@H](NC(=O)c1c(F)cccc1F)C(=O)NOCc1ccccc1. The van der Waals surface area contributed by atoms with Crippen molar-refractivity contribution in [1.29, 1.82) is 0 Å². The minimum Gasteiger partial charge on any atom is -0.340 e. The summed E-state index contributed by atoms with van der Waals surface area (Å²) in [7, 11) is 0. The van der Waals surface area contributed by atoms with Crippen molar-refractivity contribution in [2.75, 3.05) is 0 Å². The first kappa shape index (κ1) is 19.5. The van der Waals surface area contributed by atoms with Crippen LogP contribution in [0.4, 0.5) is 8.78 Å². The molecule has 1 atom stereocenters. The first-order valence-corrected chi connectivity index (χ1v) is 8.10. The number of carbonyl (C=O) groups is 2.